The highest BCUT2D eigenvalue weighted by molar-refractivity contribution is 5.86. The van der Waals surface area contributed by atoms with Gasteiger partial charge in [0.1, 0.15) is 0 Å². The Labute approximate surface area is 209 Å². The number of likely N-dealkylation sites (N-methyl/N-ethyl adjacent to an activating group) is 1. The number of rotatable bonds is 2. The predicted octanol–water partition coefficient (Wildman–Crippen LogP) is 7.07. The molecule has 2 aromatic rings. The van der Waals surface area contributed by atoms with E-state index < -0.39 is 0 Å². The van der Waals surface area contributed by atoms with Gasteiger partial charge in [-0.3, -0.25) is 4.68 Å². The van der Waals surface area contributed by atoms with E-state index in [1.165, 1.54) is 35.9 Å². The highest BCUT2D eigenvalue weighted by Crippen LogP contribution is 2.36. The third kappa shape index (κ3) is 8.19. The second-order valence-corrected chi connectivity index (χ2v) is 8.41. The van der Waals surface area contributed by atoms with Crippen LogP contribution in [0, 0.1) is 0 Å². The SMILES string of the molecule is C1CC1.C=C1CCC(c2nn(C)c3cc(N4CCN(C)CC4)ccc23)C(=C)N1.CC.CC.CC. The average Bonchev–Trinajstić information content (AvgIpc) is 3.73. The lowest BCUT2D eigenvalue weighted by molar-refractivity contribution is 0.313. The van der Waals surface area contributed by atoms with Crippen molar-refractivity contribution in [1.82, 2.24) is 20.0 Å². The van der Waals surface area contributed by atoms with Gasteiger partial charge >= 0.3 is 0 Å². The number of nitrogens with one attached hydrogen (secondary N) is 1. The number of anilines is 1. The van der Waals surface area contributed by atoms with Gasteiger partial charge in [0.05, 0.1) is 11.2 Å². The number of benzene rings is 1. The molecule has 1 aromatic heterocycles. The van der Waals surface area contributed by atoms with Gasteiger partial charge in [-0.2, -0.15) is 5.10 Å². The van der Waals surface area contributed by atoms with Crippen molar-refractivity contribution in [3.63, 3.8) is 0 Å². The van der Waals surface area contributed by atoms with Crippen molar-refractivity contribution in [2.75, 3.05) is 38.1 Å². The molecule has 0 bridgehead atoms. The van der Waals surface area contributed by atoms with E-state index in [9.17, 15) is 0 Å². The molecule has 3 aliphatic rings. The third-order valence-electron chi connectivity index (χ3n) is 5.91. The number of piperidine rings is 1. The van der Waals surface area contributed by atoms with Crippen LogP contribution in [0.25, 0.3) is 10.9 Å². The van der Waals surface area contributed by atoms with Gasteiger partial charge in [0.15, 0.2) is 0 Å². The van der Waals surface area contributed by atoms with Crippen LogP contribution < -0.4 is 10.2 Å². The number of aryl methyl sites for hydroxylation is 1. The van der Waals surface area contributed by atoms with Crippen LogP contribution >= 0.6 is 0 Å². The quantitative estimate of drug-likeness (QED) is 0.510. The van der Waals surface area contributed by atoms with Crippen LogP contribution in [0.4, 0.5) is 5.69 Å². The van der Waals surface area contributed by atoms with Crippen molar-refractivity contribution in [3.05, 3.63) is 48.4 Å². The van der Waals surface area contributed by atoms with Crippen LogP contribution in [0.15, 0.2) is 42.8 Å². The summed E-state index contributed by atoms with van der Waals surface area (Å²) >= 11 is 0. The Bertz CT molecular complexity index is 869. The van der Waals surface area contributed by atoms with E-state index >= 15 is 0 Å². The molecule has 3 fully saturated rings. The molecule has 3 heterocycles. The van der Waals surface area contributed by atoms with Crippen LogP contribution in [0.3, 0.4) is 0 Å². The first kappa shape index (κ1) is 29.8. The van der Waals surface area contributed by atoms with E-state index in [1.807, 2.05) is 53.3 Å². The molecule has 5 heteroatoms. The first-order chi connectivity index (χ1) is 16.5. The smallest absolute Gasteiger partial charge is 0.0792 e. The lowest BCUT2D eigenvalue weighted by Gasteiger charge is -2.34. The first-order valence-electron chi connectivity index (χ1n) is 13.6. The maximum absolute atomic E-state index is 4.85. The number of aromatic nitrogens is 2. The summed E-state index contributed by atoms with van der Waals surface area (Å²) in [5.41, 5.74) is 5.69. The summed E-state index contributed by atoms with van der Waals surface area (Å²) in [4.78, 5) is 4.85. The molecule has 1 N–H and O–H groups in total. The van der Waals surface area contributed by atoms with Gasteiger partial charge in [-0.1, -0.05) is 74.0 Å². The second-order valence-electron chi connectivity index (χ2n) is 8.41. The molecule has 1 saturated carbocycles. The number of nitrogens with zero attached hydrogens (tertiary/aromatic N) is 4. The Kier molecular flexibility index (Phi) is 13.7. The van der Waals surface area contributed by atoms with Crippen molar-refractivity contribution in [3.8, 4) is 0 Å². The standard InChI is InChI=1S/C20H27N5.C3H6.3C2H6/c1-14-5-7-17(15(2)21-14)20-18-8-6-16(13-19(18)24(4)22-20)25-11-9-23(3)10-12-25;1-2-3-1;3*1-2/h6,8,13,17,21H,1-2,5,7,9-12H2,3-4H3;1-3H2;3*1-2H3. The Balaban J connectivity index is 0.000000561. The van der Waals surface area contributed by atoms with Crippen LogP contribution in [-0.2, 0) is 7.05 Å². The van der Waals surface area contributed by atoms with E-state index in [0.29, 0.717) is 0 Å². The Morgan fingerprint density at radius 3 is 2.00 bits per heavy atom. The average molecular weight is 470 g/mol. The van der Waals surface area contributed by atoms with Gasteiger partial charge < -0.3 is 15.1 Å². The molecule has 1 aromatic carbocycles. The highest BCUT2D eigenvalue weighted by Gasteiger charge is 2.26. The minimum absolute atomic E-state index is 0.253. The molecule has 2 saturated heterocycles. The molecule has 0 amide bonds. The topological polar surface area (TPSA) is 36.3 Å². The van der Waals surface area contributed by atoms with Crippen molar-refractivity contribution in [2.45, 2.75) is 79.6 Å². The van der Waals surface area contributed by atoms with E-state index in [-0.39, 0.29) is 5.92 Å². The number of allylic oxidation sites excluding steroid dienone is 2. The zero-order chi connectivity index (χ0) is 25.7. The zero-order valence-corrected chi connectivity index (χ0v) is 23.4. The van der Waals surface area contributed by atoms with Gasteiger partial charge in [-0.25, -0.2) is 0 Å². The predicted molar refractivity (Wildman–Crippen MR) is 152 cm³/mol. The van der Waals surface area contributed by atoms with Crippen molar-refractivity contribution < 1.29 is 0 Å². The molecule has 5 nitrogen and oxygen atoms in total. The lowest BCUT2D eigenvalue weighted by atomic mass is 9.90. The van der Waals surface area contributed by atoms with E-state index in [0.717, 1.165) is 56.1 Å². The highest BCUT2D eigenvalue weighted by atomic mass is 15.3. The van der Waals surface area contributed by atoms with E-state index in [1.54, 1.807) is 0 Å². The fraction of sp³-hybridized carbons (Fsp3) is 0.621. The summed E-state index contributed by atoms with van der Waals surface area (Å²) in [6.07, 6.45) is 6.50. The van der Waals surface area contributed by atoms with E-state index in [4.69, 9.17) is 5.10 Å². The summed E-state index contributed by atoms with van der Waals surface area (Å²) in [6.45, 7) is 24.6. The number of piperazine rings is 1. The largest absolute Gasteiger partial charge is 0.369 e. The van der Waals surface area contributed by atoms with Crippen LogP contribution in [-0.4, -0.2) is 47.9 Å². The minimum atomic E-state index is 0.253. The second kappa shape index (κ2) is 15.6. The monoisotopic (exact) mass is 469 g/mol. The maximum atomic E-state index is 4.85. The molecule has 1 aliphatic carbocycles. The number of fused-ring (bicyclic) bond motifs is 1. The molecule has 0 spiro atoms. The Hall–Kier alpha value is -2.27. The normalized spacial score (nSPS) is 19.2. The van der Waals surface area contributed by atoms with Crippen molar-refractivity contribution >= 4 is 16.6 Å². The Morgan fingerprint density at radius 1 is 0.882 bits per heavy atom. The third-order valence-corrected chi connectivity index (χ3v) is 5.91. The molecule has 2 aliphatic heterocycles. The van der Waals surface area contributed by atoms with Gasteiger partial charge in [0, 0.05) is 61.6 Å². The van der Waals surface area contributed by atoms with Gasteiger partial charge in [0.2, 0.25) is 0 Å². The number of hydrogen-bond donors (Lipinski definition) is 1. The van der Waals surface area contributed by atoms with Crippen molar-refractivity contribution in [2.24, 2.45) is 7.05 Å². The molecule has 34 heavy (non-hydrogen) atoms. The summed E-state index contributed by atoms with van der Waals surface area (Å²) in [5, 5.41) is 9.40. The van der Waals surface area contributed by atoms with Crippen LogP contribution in [0.1, 0.15) is 85.3 Å². The van der Waals surface area contributed by atoms with Gasteiger partial charge in [0.25, 0.3) is 0 Å². The van der Waals surface area contributed by atoms with E-state index in [2.05, 4.69) is 53.5 Å². The molecule has 5 rings (SSSR count). The first-order valence-corrected chi connectivity index (χ1v) is 13.6. The van der Waals surface area contributed by atoms with Gasteiger partial charge in [-0.05, 0) is 38.1 Å². The maximum Gasteiger partial charge on any atom is 0.0792 e. The fourth-order valence-corrected chi connectivity index (χ4v) is 3.96. The van der Waals surface area contributed by atoms with Crippen LogP contribution in [0.2, 0.25) is 0 Å². The van der Waals surface area contributed by atoms with Crippen LogP contribution in [0.5, 0.6) is 0 Å². The summed E-state index contributed by atoms with van der Waals surface area (Å²) < 4.78 is 2.01. The number of hydrogen-bond acceptors (Lipinski definition) is 4. The summed E-state index contributed by atoms with van der Waals surface area (Å²) in [6, 6.07) is 6.77. The molecule has 192 valence electrons. The van der Waals surface area contributed by atoms with Gasteiger partial charge in [-0.15, -0.1) is 0 Å². The zero-order valence-electron chi connectivity index (χ0n) is 23.4. The minimum Gasteiger partial charge on any atom is -0.369 e. The summed E-state index contributed by atoms with van der Waals surface area (Å²) in [5.74, 6) is 0.253. The molecule has 1 atom stereocenters. The molecule has 0 radical (unpaired) electrons. The molecule has 1 unspecified atom stereocenters. The lowest BCUT2D eigenvalue weighted by Crippen LogP contribution is -2.44. The molecular formula is C29H51N5. The Morgan fingerprint density at radius 2 is 1.47 bits per heavy atom. The fourth-order valence-electron chi connectivity index (χ4n) is 3.96. The summed E-state index contributed by atoms with van der Waals surface area (Å²) in [7, 11) is 4.23. The van der Waals surface area contributed by atoms with Crippen molar-refractivity contribution in [1.29, 1.82) is 0 Å². The molecular weight excluding hydrogens is 418 g/mol.